The first-order valence-electron chi connectivity index (χ1n) is 9.29. The summed E-state index contributed by atoms with van der Waals surface area (Å²) in [6, 6.07) is 12.2. The van der Waals surface area contributed by atoms with Crippen molar-refractivity contribution in [2.75, 3.05) is 18.0 Å². The number of rotatable bonds is 2. The zero-order valence-corrected chi connectivity index (χ0v) is 15.4. The summed E-state index contributed by atoms with van der Waals surface area (Å²) in [5, 5.41) is 0. The van der Waals surface area contributed by atoms with Crippen molar-refractivity contribution < 1.29 is 17.9 Å². The van der Waals surface area contributed by atoms with Crippen molar-refractivity contribution in [1.82, 2.24) is 15.0 Å². The van der Waals surface area contributed by atoms with Crippen LogP contribution < -0.4 is 4.90 Å². The van der Waals surface area contributed by atoms with Gasteiger partial charge in [-0.25, -0.2) is 9.97 Å². The summed E-state index contributed by atoms with van der Waals surface area (Å²) in [5.74, 6) is 0.287. The molecule has 1 unspecified atom stereocenters. The number of anilines is 1. The van der Waals surface area contributed by atoms with E-state index in [0.29, 0.717) is 31.7 Å². The Bertz CT molecular complexity index is 1060. The minimum atomic E-state index is -4.56. The van der Waals surface area contributed by atoms with Crippen LogP contribution in [0.2, 0.25) is 0 Å². The molecule has 2 aliphatic rings. The van der Waals surface area contributed by atoms with Gasteiger partial charge in [0.15, 0.2) is 11.5 Å². The lowest BCUT2D eigenvalue weighted by Crippen LogP contribution is -2.31. The van der Waals surface area contributed by atoms with Gasteiger partial charge in [-0.15, -0.1) is 0 Å². The molecule has 0 aliphatic carbocycles. The Labute approximate surface area is 165 Å². The zero-order chi connectivity index (χ0) is 20.1. The van der Waals surface area contributed by atoms with E-state index in [1.54, 1.807) is 12.1 Å². The van der Waals surface area contributed by atoms with Crippen LogP contribution >= 0.6 is 0 Å². The molecule has 1 atom stereocenters. The summed E-state index contributed by atoms with van der Waals surface area (Å²) < 4.78 is 46.6. The highest BCUT2D eigenvalue weighted by molar-refractivity contribution is 5.58. The summed E-state index contributed by atoms with van der Waals surface area (Å²) in [5.41, 5.74) is 1.27. The van der Waals surface area contributed by atoms with Crippen LogP contribution in [-0.2, 0) is 23.1 Å². The summed E-state index contributed by atoms with van der Waals surface area (Å²) >= 11 is 0. The molecule has 5 nitrogen and oxygen atoms in total. The topological polar surface area (TPSA) is 51.1 Å². The van der Waals surface area contributed by atoms with E-state index >= 15 is 0 Å². The fourth-order valence-electron chi connectivity index (χ4n) is 4.07. The molecule has 0 saturated carbocycles. The van der Waals surface area contributed by atoms with Gasteiger partial charge in [0, 0.05) is 30.6 Å². The number of hydrogen-bond acceptors (Lipinski definition) is 5. The predicted molar refractivity (Wildman–Crippen MR) is 100 cm³/mol. The predicted octanol–water partition coefficient (Wildman–Crippen LogP) is 4.19. The molecule has 0 bridgehead atoms. The Balaban J connectivity index is 1.53. The van der Waals surface area contributed by atoms with Gasteiger partial charge in [0.25, 0.3) is 0 Å². The van der Waals surface area contributed by atoms with Crippen LogP contribution in [0.4, 0.5) is 19.0 Å². The number of benzene rings is 1. The molecule has 8 heteroatoms. The number of alkyl halides is 3. The summed E-state index contributed by atoms with van der Waals surface area (Å²) in [6.45, 7) is 1.52. The molecular formula is C21H17F3N4O. The highest BCUT2D eigenvalue weighted by atomic mass is 19.4. The summed E-state index contributed by atoms with van der Waals surface area (Å²) in [7, 11) is 0. The second-order valence-electron chi connectivity index (χ2n) is 7.28. The van der Waals surface area contributed by atoms with Crippen molar-refractivity contribution in [3.63, 3.8) is 0 Å². The molecule has 1 aromatic carbocycles. The minimum Gasteiger partial charge on any atom is -0.364 e. The number of aromatic nitrogens is 3. The number of nitrogens with zero attached hydrogens (tertiary/aromatic N) is 4. The molecule has 148 valence electrons. The Kier molecular flexibility index (Phi) is 4.06. The van der Waals surface area contributed by atoms with E-state index in [1.165, 1.54) is 12.4 Å². The standard InChI is InChI=1S/C21H17F3N4O/c22-21(23,24)17-11-18(27-19(26-17)14-5-8-25-9-6-14)28-10-7-20(13-28)16-4-2-1-3-15(16)12-29-20/h1-6,8-9,11H,7,10,12-13H2. The quantitative estimate of drug-likeness (QED) is 0.648. The lowest BCUT2D eigenvalue weighted by molar-refractivity contribution is -0.141. The number of ether oxygens (including phenoxy) is 1. The third kappa shape index (κ3) is 3.13. The molecular weight excluding hydrogens is 381 g/mol. The zero-order valence-electron chi connectivity index (χ0n) is 15.4. The maximum absolute atomic E-state index is 13.5. The highest BCUT2D eigenvalue weighted by Gasteiger charge is 2.46. The van der Waals surface area contributed by atoms with E-state index in [2.05, 4.69) is 15.0 Å². The van der Waals surface area contributed by atoms with E-state index < -0.39 is 17.5 Å². The van der Waals surface area contributed by atoms with E-state index in [1.807, 2.05) is 29.2 Å². The van der Waals surface area contributed by atoms with Gasteiger partial charge >= 0.3 is 6.18 Å². The van der Waals surface area contributed by atoms with Gasteiger partial charge in [-0.05, 0) is 29.7 Å². The largest absolute Gasteiger partial charge is 0.433 e. The number of halogens is 3. The van der Waals surface area contributed by atoms with Gasteiger partial charge in [-0.3, -0.25) is 4.98 Å². The first kappa shape index (κ1) is 18.1. The van der Waals surface area contributed by atoms with Crippen molar-refractivity contribution in [2.45, 2.75) is 24.8 Å². The van der Waals surface area contributed by atoms with Crippen LogP contribution in [0.1, 0.15) is 23.2 Å². The Morgan fingerprint density at radius 3 is 2.62 bits per heavy atom. The number of hydrogen-bond donors (Lipinski definition) is 0. The Morgan fingerprint density at radius 1 is 1.03 bits per heavy atom. The normalized spacial score (nSPS) is 21.0. The first-order valence-corrected chi connectivity index (χ1v) is 9.29. The smallest absolute Gasteiger partial charge is 0.364 e. The van der Waals surface area contributed by atoms with Crippen LogP contribution in [0.25, 0.3) is 11.4 Å². The fraction of sp³-hybridized carbons (Fsp3) is 0.286. The van der Waals surface area contributed by atoms with Gasteiger partial charge in [0.1, 0.15) is 11.4 Å². The minimum absolute atomic E-state index is 0.0333. The third-order valence-electron chi connectivity index (χ3n) is 5.51. The molecule has 1 saturated heterocycles. The molecule has 4 heterocycles. The maximum atomic E-state index is 13.5. The highest BCUT2D eigenvalue weighted by Crippen LogP contribution is 2.44. The summed E-state index contributed by atoms with van der Waals surface area (Å²) in [6.07, 6.45) is -0.854. The van der Waals surface area contributed by atoms with E-state index in [9.17, 15) is 13.2 Å². The average molecular weight is 398 g/mol. The van der Waals surface area contributed by atoms with Crippen LogP contribution in [0.15, 0.2) is 54.9 Å². The molecule has 5 rings (SSSR count). The molecule has 1 fully saturated rings. The lowest BCUT2D eigenvalue weighted by Gasteiger charge is -2.25. The first-order chi connectivity index (χ1) is 13.9. The van der Waals surface area contributed by atoms with Crippen LogP contribution in [0.5, 0.6) is 0 Å². The second-order valence-corrected chi connectivity index (χ2v) is 7.28. The van der Waals surface area contributed by atoms with Crippen molar-refractivity contribution in [3.8, 4) is 11.4 Å². The molecule has 2 aromatic heterocycles. The van der Waals surface area contributed by atoms with Crippen molar-refractivity contribution in [2.24, 2.45) is 0 Å². The fourth-order valence-corrected chi connectivity index (χ4v) is 4.07. The maximum Gasteiger partial charge on any atom is 0.433 e. The number of pyridine rings is 1. The molecule has 3 aromatic rings. The third-order valence-corrected chi connectivity index (χ3v) is 5.51. The van der Waals surface area contributed by atoms with E-state index in [0.717, 1.165) is 17.2 Å². The van der Waals surface area contributed by atoms with E-state index in [-0.39, 0.29) is 11.6 Å². The van der Waals surface area contributed by atoms with Crippen LogP contribution in [-0.4, -0.2) is 28.0 Å². The van der Waals surface area contributed by atoms with Crippen molar-refractivity contribution >= 4 is 5.82 Å². The molecule has 1 spiro atoms. The Hall–Kier alpha value is -3.00. The monoisotopic (exact) mass is 398 g/mol. The summed E-state index contributed by atoms with van der Waals surface area (Å²) in [4.78, 5) is 13.9. The van der Waals surface area contributed by atoms with Crippen LogP contribution in [0.3, 0.4) is 0 Å². The van der Waals surface area contributed by atoms with Gasteiger partial charge in [0.05, 0.1) is 13.2 Å². The Morgan fingerprint density at radius 2 is 1.83 bits per heavy atom. The van der Waals surface area contributed by atoms with Crippen molar-refractivity contribution in [3.05, 3.63) is 71.7 Å². The van der Waals surface area contributed by atoms with E-state index in [4.69, 9.17) is 4.74 Å². The molecule has 29 heavy (non-hydrogen) atoms. The molecule has 2 aliphatic heterocycles. The van der Waals surface area contributed by atoms with Gasteiger partial charge < -0.3 is 9.64 Å². The second kappa shape index (κ2) is 6.52. The lowest BCUT2D eigenvalue weighted by atomic mass is 9.92. The molecule has 0 N–H and O–H groups in total. The van der Waals surface area contributed by atoms with Gasteiger partial charge in [-0.2, -0.15) is 13.2 Å². The average Bonchev–Trinajstić information content (AvgIpc) is 3.33. The van der Waals surface area contributed by atoms with Gasteiger partial charge in [0.2, 0.25) is 0 Å². The van der Waals surface area contributed by atoms with Crippen LogP contribution in [0, 0.1) is 0 Å². The molecule has 0 radical (unpaired) electrons. The van der Waals surface area contributed by atoms with Crippen molar-refractivity contribution in [1.29, 1.82) is 0 Å². The molecule has 0 amide bonds. The van der Waals surface area contributed by atoms with Gasteiger partial charge in [-0.1, -0.05) is 24.3 Å². The number of fused-ring (bicyclic) bond motifs is 2. The SMILES string of the molecule is FC(F)(F)c1cc(N2CCC3(C2)OCc2ccccc23)nc(-c2ccncc2)n1.